The molecule has 2 aromatic rings. The highest BCUT2D eigenvalue weighted by atomic mass is 35.5. The summed E-state index contributed by atoms with van der Waals surface area (Å²) < 4.78 is 40.5. The minimum absolute atomic E-state index is 0.0158. The van der Waals surface area contributed by atoms with Crippen LogP contribution in [0.15, 0.2) is 35.5 Å². The molecule has 0 aliphatic carbocycles. The third-order valence-electron chi connectivity index (χ3n) is 6.05. The van der Waals surface area contributed by atoms with Crippen molar-refractivity contribution < 1.29 is 17.6 Å². The second kappa shape index (κ2) is 7.13. The highest BCUT2D eigenvalue weighted by Crippen LogP contribution is 2.46. The smallest absolute Gasteiger partial charge is 0.185 e. The number of sulfone groups is 1. The van der Waals surface area contributed by atoms with Gasteiger partial charge >= 0.3 is 0 Å². The Morgan fingerprint density at radius 3 is 2.77 bits per heavy atom. The molecule has 0 spiro atoms. The number of carbonyl (C=O) groups excluding carboxylic acids is 1. The van der Waals surface area contributed by atoms with E-state index in [1.807, 2.05) is 0 Å². The van der Waals surface area contributed by atoms with Crippen LogP contribution in [0.5, 0.6) is 0 Å². The molecular weight excluding hydrogens is 429 g/mol. The van der Waals surface area contributed by atoms with Crippen LogP contribution in [0.25, 0.3) is 0 Å². The molecule has 0 amide bonds. The molecule has 3 heterocycles. The lowest BCUT2D eigenvalue weighted by Crippen LogP contribution is -2.49. The van der Waals surface area contributed by atoms with E-state index in [4.69, 9.17) is 17.3 Å². The average molecular weight is 450 g/mol. The van der Waals surface area contributed by atoms with E-state index < -0.39 is 31.7 Å². The molecule has 2 bridgehead atoms. The summed E-state index contributed by atoms with van der Waals surface area (Å²) in [5.41, 5.74) is 6.22. The normalized spacial score (nSPS) is 27.0. The molecule has 0 radical (unpaired) electrons. The van der Waals surface area contributed by atoms with Gasteiger partial charge in [0.15, 0.2) is 15.6 Å². The Balaban J connectivity index is 1.72. The zero-order valence-electron chi connectivity index (χ0n) is 16.5. The number of halogens is 2. The number of nitrogens with zero attached hydrogens (tertiary/aromatic N) is 2. The van der Waals surface area contributed by atoms with Crippen LogP contribution in [0.4, 0.5) is 4.39 Å². The summed E-state index contributed by atoms with van der Waals surface area (Å²) >= 11 is 5.90. The van der Waals surface area contributed by atoms with E-state index in [0.717, 1.165) is 0 Å². The fraction of sp³-hybridized carbons (Fsp3) is 0.381. The summed E-state index contributed by atoms with van der Waals surface area (Å²) in [7, 11) is -3.55. The molecule has 158 valence electrons. The topological polar surface area (TPSA) is 102 Å². The summed E-state index contributed by atoms with van der Waals surface area (Å²) in [6, 6.07) is 5.92. The average Bonchev–Trinajstić information content (AvgIpc) is 2.89. The number of fused-ring (bicyclic) bond motifs is 2. The minimum Gasteiger partial charge on any atom is -0.386 e. The maximum absolute atomic E-state index is 14.9. The van der Waals surface area contributed by atoms with Gasteiger partial charge in [-0.15, -0.1) is 0 Å². The maximum Gasteiger partial charge on any atom is 0.185 e. The van der Waals surface area contributed by atoms with Gasteiger partial charge < -0.3 is 5.73 Å². The molecular formula is C21H21ClFN3O3S. The summed E-state index contributed by atoms with van der Waals surface area (Å²) in [6.45, 7) is 3.34. The van der Waals surface area contributed by atoms with Gasteiger partial charge in [0.2, 0.25) is 0 Å². The number of hydrogen-bond donors (Lipinski definition) is 1. The van der Waals surface area contributed by atoms with Crippen molar-refractivity contribution in [1.82, 2.24) is 4.98 Å². The third kappa shape index (κ3) is 3.22. The molecule has 6 nitrogen and oxygen atoms in total. The van der Waals surface area contributed by atoms with E-state index in [2.05, 4.69) is 9.98 Å². The zero-order chi connectivity index (χ0) is 21.8. The van der Waals surface area contributed by atoms with Crippen molar-refractivity contribution in [1.29, 1.82) is 0 Å². The van der Waals surface area contributed by atoms with Crippen LogP contribution in [0.1, 0.15) is 46.9 Å². The van der Waals surface area contributed by atoms with Crippen LogP contribution in [0.2, 0.25) is 5.02 Å². The first kappa shape index (κ1) is 20.9. The first-order valence-corrected chi connectivity index (χ1v) is 11.5. The monoisotopic (exact) mass is 449 g/mol. The SMILES string of the molecule is Cc1cc(Cl)cnc1C(=O)Cc1ccc(F)c([C@@]2(C)N=C(N)[C@@H]3CC[C@H]2S3(=O)=O)c1. The lowest BCUT2D eigenvalue weighted by atomic mass is 9.85. The largest absolute Gasteiger partial charge is 0.386 e. The molecule has 3 atom stereocenters. The van der Waals surface area contributed by atoms with Gasteiger partial charge in [0, 0.05) is 18.2 Å². The van der Waals surface area contributed by atoms with Gasteiger partial charge in [0.1, 0.15) is 28.1 Å². The van der Waals surface area contributed by atoms with Crippen LogP contribution < -0.4 is 5.73 Å². The number of hydrogen-bond acceptors (Lipinski definition) is 6. The predicted molar refractivity (Wildman–Crippen MR) is 113 cm³/mol. The summed E-state index contributed by atoms with van der Waals surface area (Å²) in [4.78, 5) is 21.3. The lowest BCUT2D eigenvalue weighted by molar-refractivity contribution is 0.0987. The Bertz CT molecular complexity index is 1200. The van der Waals surface area contributed by atoms with Crippen LogP contribution in [0, 0.1) is 12.7 Å². The fourth-order valence-electron chi connectivity index (χ4n) is 4.56. The van der Waals surface area contributed by atoms with Crippen LogP contribution in [-0.2, 0) is 21.8 Å². The van der Waals surface area contributed by atoms with Gasteiger partial charge in [0.25, 0.3) is 0 Å². The standard InChI is InChI=1S/C21H21ClFN3O3S/c1-11-7-13(22)10-25-19(11)16(27)9-12-3-4-15(23)14(8-12)21(2)18-6-5-17(20(24)26-21)30(18,28)29/h3-4,7-8,10,17-18H,5-6,9H2,1-2H3,(H2,24,26)/t17-,18+,21+/m0/s1. The minimum atomic E-state index is -3.55. The molecule has 9 heteroatoms. The fourth-order valence-corrected chi connectivity index (χ4v) is 7.31. The Labute approximate surface area is 179 Å². The first-order valence-electron chi connectivity index (χ1n) is 9.56. The van der Waals surface area contributed by atoms with Crippen molar-refractivity contribution in [2.24, 2.45) is 10.7 Å². The summed E-state index contributed by atoms with van der Waals surface area (Å²) in [6.07, 6.45) is 2.14. The molecule has 0 saturated carbocycles. The second-order valence-electron chi connectivity index (χ2n) is 8.06. The van der Waals surface area contributed by atoms with Crippen molar-refractivity contribution in [3.63, 3.8) is 0 Å². The molecule has 2 N–H and O–H groups in total. The van der Waals surface area contributed by atoms with Crippen molar-refractivity contribution in [2.75, 3.05) is 0 Å². The van der Waals surface area contributed by atoms with E-state index in [0.29, 0.717) is 29.0 Å². The van der Waals surface area contributed by atoms with Gasteiger partial charge in [-0.25, -0.2) is 12.8 Å². The number of amidine groups is 1. The zero-order valence-corrected chi connectivity index (χ0v) is 18.1. The van der Waals surface area contributed by atoms with Gasteiger partial charge in [-0.05, 0) is 56.0 Å². The Kier molecular flexibility index (Phi) is 4.97. The van der Waals surface area contributed by atoms with Crippen LogP contribution >= 0.6 is 11.6 Å². The van der Waals surface area contributed by atoms with Gasteiger partial charge in [-0.2, -0.15) is 0 Å². The number of rotatable bonds is 4. The van der Waals surface area contributed by atoms with E-state index in [1.54, 1.807) is 19.9 Å². The molecule has 1 aromatic carbocycles. The highest BCUT2D eigenvalue weighted by Gasteiger charge is 2.57. The van der Waals surface area contributed by atoms with Crippen molar-refractivity contribution in [2.45, 2.75) is 49.1 Å². The quantitative estimate of drug-likeness (QED) is 0.722. The number of aryl methyl sites for hydroxylation is 1. The van der Waals surface area contributed by atoms with Crippen LogP contribution in [0.3, 0.4) is 0 Å². The second-order valence-corrected chi connectivity index (χ2v) is 10.8. The molecule has 1 saturated heterocycles. The molecule has 1 fully saturated rings. The number of ketones is 1. The van der Waals surface area contributed by atoms with Gasteiger partial charge in [-0.1, -0.05) is 17.7 Å². The Morgan fingerprint density at radius 1 is 1.33 bits per heavy atom. The van der Waals surface area contributed by atoms with E-state index in [9.17, 15) is 17.6 Å². The number of aliphatic imine (C=N–C) groups is 1. The van der Waals surface area contributed by atoms with Gasteiger partial charge in [0.05, 0.1) is 10.3 Å². The number of benzene rings is 1. The summed E-state index contributed by atoms with van der Waals surface area (Å²) in [5.74, 6) is -0.799. The van der Waals surface area contributed by atoms with Crippen molar-refractivity contribution >= 4 is 33.1 Å². The number of nitrogens with two attached hydrogens (primary N) is 1. The Morgan fingerprint density at radius 2 is 2.07 bits per heavy atom. The Hall–Kier alpha value is -2.32. The van der Waals surface area contributed by atoms with E-state index in [1.165, 1.54) is 24.4 Å². The number of carbonyl (C=O) groups is 1. The maximum atomic E-state index is 14.9. The molecule has 2 aliphatic rings. The number of Topliss-reactive ketones (excluding diaryl/α,β-unsaturated/α-hetero) is 1. The third-order valence-corrected chi connectivity index (χ3v) is 9.02. The van der Waals surface area contributed by atoms with Crippen molar-refractivity contribution in [3.8, 4) is 0 Å². The summed E-state index contributed by atoms with van der Waals surface area (Å²) in [5, 5.41) is -1.20. The predicted octanol–water partition coefficient (Wildman–Crippen LogP) is 3.14. The van der Waals surface area contributed by atoms with Gasteiger partial charge in [-0.3, -0.25) is 14.8 Å². The lowest BCUT2D eigenvalue weighted by Gasteiger charge is -2.36. The number of aromatic nitrogens is 1. The van der Waals surface area contributed by atoms with E-state index in [-0.39, 0.29) is 29.3 Å². The molecule has 30 heavy (non-hydrogen) atoms. The van der Waals surface area contributed by atoms with E-state index >= 15 is 0 Å². The molecule has 1 aromatic heterocycles. The molecule has 4 rings (SSSR count). The number of pyridine rings is 1. The highest BCUT2D eigenvalue weighted by molar-refractivity contribution is 7.93. The first-order chi connectivity index (χ1) is 14.0. The van der Waals surface area contributed by atoms with Crippen molar-refractivity contribution in [3.05, 3.63) is 63.7 Å². The molecule has 0 unspecified atom stereocenters. The van der Waals surface area contributed by atoms with Crippen LogP contribution in [-0.4, -0.2) is 35.5 Å². The molecule has 2 aliphatic heterocycles.